The fourth-order valence-corrected chi connectivity index (χ4v) is 4.15. The molecule has 0 amide bonds. The molecule has 27 heavy (non-hydrogen) atoms. The Morgan fingerprint density at radius 3 is 2.70 bits per heavy atom. The van der Waals surface area contributed by atoms with Gasteiger partial charge in [-0.1, -0.05) is 18.2 Å². The van der Waals surface area contributed by atoms with Gasteiger partial charge in [0.2, 0.25) is 0 Å². The van der Waals surface area contributed by atoms with Crippen LogP contribution in [0.2, 0.25) is 0 Å². The highest BCUT2D eigenvalue weighted by atomic mass is 16.5. The van der Waals surface area contributed by atoms with E-state index in [1.54, 1.807) is 0 Å². The third kappa shape index (κ3) is 5.53. The molecule has 2 fully saturated rings. The van der Waals surface area contributed by atoms with Crippen LogP contribution in [0.1, 0.15) is 49.8 Å². The monoisotopic (exact) mass is 366 g/mol. The minimum Gasteiger partial charge on any atom is -0.490 e. The molecular weight excluding hydrogens is 336 g/mol. The van der Waals surface area contributed by atoms with E-state index in [1.807, 2.05) is 24.4 Å². The summed E-state index contributed by atoms with van der Waals surface area (Å²) in [6.45, 7) is 3.69. The molecule has 1 aliphatic carbocycles. The molecule has 1 saturated heterocycles. The average molecular weight is 367 g/mol. The molecule has 4 rings (SSSR count). The summed E-state index contributed by atoms with van der Waals surface area (Å²) in [5, 5.41) is 0. The molecule has 0 radical (unpaired) electrons. The molecule has 2 aromatic rings. The zero-order valence-electron chi connectivity index (χ0n) is 16.1. The van der Waals surface area contributed by atoms with Gasteiger partial charge in [0.05, 0.1) is 24.5 Å². The number of piperidine rings is 1. The maximum Gasteiger partial charge on any atom is 0.120 e. The molecule has 0 N–H and O–H groups in total. The first kappa shape index (κ1) is 18.5. The van der Waals surface area contributed by atoms with E-state index in [0.717, 1.165) is 37.5 Å². The lowest BCUT2D eigenvalue weighted by Gasteiger charge is -2.32. The second kappa shape index (κ2) is 9.34. The normalized spacial score (nSPS) is 21.4. The summed E-state index contributed by atoms with van der Waals surface area (Å²) < 4.78 is 12.3. The minimum atomic E-state index is 0.290. The van der Waals surface area contributed by atoms with Crippen molar-refractivity contribution in [2.24, 2.45) is 0 Å². The number of rotatable bonds is 7. The van der Waals surface area contributed by atoms with Crippen molar-refractivity contribution in [2.75, 3.05) is 13.1 Å². The number of benzene rings is 1. The van der Waals surface area contributed by atoms with Gasteiger partial charge in [-0.15, -0.1) is 0 Å². The van der Waals surface area contributed by atoms with Crippen LogP contribution in [0.15, 0.2) is 48.7 Å². The van der Waals surface area contributed by atoms with E-state index in [-0.39, 0.29) is 0 Å². The van der Waals surface area contributed by atoms with Gasteiger partial charge in [-0.25, -0.2) is 0 Å². The molecule has 1 aliphatic heterocycles. The Balaban J connectivity index is 1.28. The molecule has 4 nitrogen and oxygen atoms in total. The summed E-state index contributed by atoms with van der Waals surface area (Å²) in [6.07, 6.45) is 9.86. The number of hydrogen-bond acceptors (Lipinski definition) is 4. The Morgan fingerprint density at radius 1 is 0.963 bits per heavy atom. The third-order valence-corrected chi connectivity index (χ3v) is 5.56. The first-order valence-corrected chi connectivity index (χ1v) is 10.3. The van der Waals surface area contributed by atoms with Crippen LogP contribution >= 0.6 is 0 Å². The fraction of sp³-hybridized carbons (Fsp3) is 0.522. The number of likely N-dealkylation sites (tertiary alicyclic amines) is 1. The molecule has 1 atom stereocenters. The Kier molecular flexibility index (Phi) is 6.38. The van der Waals surface area contributed by atoms with Gasteiger partial charge < -0.3 is 9.47 Å². The van der Waals surface area contributed by atoms with Crippen molar-refractivity contribution in [3.63, 3.8) is 0 Å². The second-order valence-electron chi connectivity index (χ2n) is 7.80. The molecule has 1 aromatic carbocycles. The maximum absolute atomic E-state index is 6.16. The van der Waals surface area contributed by atoms with Crippen molar-refractivity contribution >= 4 is 0 Å². The Hall–Kier alpha value is -1.91. The van der Waals surface area contributed by atoms with E-state index < -0.39 is 0 Å². The molecule has 2 aliphatic rings. The molecule has 1 saturated carbocycles. The van der Waals surface area contributed by atoms with Crippen molar-refractivity contribution in [3.05, 3.63) is 59.9 Å². The van der Waals surface area contributed by atoms with Crippen molar-refractivity contribution in [3.8, 4) is 5.75 Å². The molecule has 4 heteroatoms. The number of hydrogen-bond donors (Lipinski definition) is 0. The average Bonchev–Trinajstić information content (AvgIpc) is 3.21. The van der Waals surface area contributed by atoms with Gasteiger partial charge in [-0.2, -0.15) is 0 Å². The summed E-state index contributed by atoms with van der Waals surface area (Å²) in [7, 11) is 0. The van der Waals surface area contributed by atoms with Crippen molar-refractivity contribution < 1.29 is 9.47 Å². The Bertz CT molecular complexity index is 701. The fourth-order valence-electron chi connectivity index (χ4n) is 4.15. The van der Waals surface area contributed by atoms with E-state index in [2.05, 4.69) is 34.1 Å². The summed E-state index contributed by atoms with van der Waals surface area (Å²) in [5.41, 5.74) is 2.34. The smallest absolute Gasteiger partial charge is 0.120 e. The first-order chi connectivity index (χ1) is 13.3. The Morgan fingerprint density at radius 2 is 1.85 bits per heavy atom. The number of aromatic nitrogens is 1. The Labute approximate surface area is 162 Å². The maximum atomic E-state index is 6.16. The lowest BCUT2D eigenvalue weighted by Crippen LogP contribution is -2.39. The zero-order valence-corrected chi connectivity index (χ0v) is 16.1. The third-order valence-electron chi connectivity index (χ3n) is 5.56. The molecule has 2 heterocycles. The van der Waals surface area contributed by atoms with Crippen molar-refractivity contribution in [2.45, 2.75) is 63.9 Å². The van der Waals surface area contributed by atoms with Crippen LogP contribution < -0.4 is 4.74 Å². The van der Waals surface area contributed by atoms with Gasteiger partial charge in [-0.05, 0) is 74.9 Å². The van der Waals surface area contributed by atoms with E-state index in [4.69, 9.17) is 9.47 Å². The minimum absolute atomic E-state index is 0.290. The van der Waals surface area contributed by atoms with Crippen LogP contribution in [0.25, 0.3) is 0 Å². The molecule has 1 unspecified atom stereocenters. The van der Waals surface area contributed by atoms with Crippen LogP contribution in [0, 0.1) is 0 Å². The van der Waals surface area contributed by atoms with Crippen LogP contribution in [0.3, 0.4) is 0 Å². The van der Waals surface area contributed by atoms with Crippen LogP contribution in [0.4, 0.5) is 0 Å². The summed E-state index contributed by atoms with van der Waals surface area (Å²) in [6, 6.07) is 14.6. The summed E-state index contributed by atoms with van der Waals surface area (Å²) in [4.78, 5) is 6.85. The summed E-state index contributed by atoms with van der Waals surface area (Å²) in [5.74, 6) is 1.03. The number of ether oxygens (including phenoxy) is 2. The SMILES string of the molecule is c1ccc(COC2CCCN(Cc3cccc(OC4CCCC4)c3)C2)nc1. The van der Waals surface area contributed by atoms with Gasteiger partial charge in [0.25, 0.3) is 0 Å². The molecule has 0 bridgehead atoms. The molecular formula is C23H30N2O2. The van der Waals surface area contributed by atoms with Crippen LogP contribution in [-0.2, 0) is 17.9 Å². The van der Waals surface area contributed by atoms with Crippen molar-refractivity contribution in [1.29, 1.82) is 0 Å². The van der Waals surface area contributed by atoms with E-state index in [1.165, 1.54) is 37.7 Å². The summed E-state index contributed by atoms with van der Waals surface area (Å²) >= 11 is 0. The molecule has 1 aromatic heterocycles. The van der Waals surface area contributed by atoms with Crippen molar-refractivity contribution in [1.82, 2.24) is 9.88 Å². The highest BCUT2D eigenvalue weighted by molar-refractivity contribution is 5.28. The first-order valence-electron chi connectivity index (χ1n) is 10.3. The van der Waals surface area contributed by atoms with Crippen LogP contribution in [-0.4, -0.2) is 35.2 Å². The van der Waals surface area contributed by atoms with Gasteiger partial charge in [0.1, 0.15) is 5.75 Å². The topological polar surface area (TPSA) is 34.6 Å². The molecule has 144 valence electrons. The highest BCUT2D eigenvalue weighted by Crippen LogP contribution is 2.25. The van der Waals surface area contributed by atoms with E-state index in [9.17, 15) is 0 Å². The van der Waals surface area contributed by atoms with Gasteiger partial charge in [0, 0.05) is 19.3 Å². The highest BCUT2D eigenvalue weighted by Gasteiger charge is 2.21. The standard InChI is InChI=1S/C23H30N2O2/c1-2-10-21(9-1)27-22-11-5-7-19(15-22)16-25-14-6-12-23(17-25)26-18-20-8-3-4-13-24-20/h3-5,7-8,11,13,15,21,23H,1-2,6,9-10,12,14,16-18H2. The lowest BCUT2D eigenvalue weighted by atomic mass is 10.1. The quantitative estimate of drug-likeness (QED) is 0.718. The van der Waals surface area contributed by atoms with Gasteiger partial charge in [-0.3, -0.25) is 9.88 Å². The van der Waals surface area contributed by atoms with Gasteiger partial charge in [0.15, 0.2) is 0 Å². The second-order valence-corrected chi connectivity index (χ2v) is 7.80. The zero-order chi connectivity index (χ0) is 18.3. The predicted octanol–water partition coefficient (Wildman–Crippen LogP) is 4.58. The van der Waals surface area contributed by atoms with Gasteiger partial charge >= 0.3 is 0 Å². The largest absolute Gasteiger partial charge is 0.490 e. The van der Waals surface area contributed by atoms with E-state index >= 15 is 0 Å². The number of nitrogens with zero attached hydrogens (tertiary/aromatic N) is 2. The van der Waals surface area contributed by atoms with Crippen LogP contribution in [0.5, 0.6) is 5.75 Å². The predicted molar refractivity (Wildman–Crippen MR) is 107 cm³/mol. The lowest BCUT2D eigenvalue weighted by molar-refractivity contribution is -0.0132. The number of pyridine rings is 1. The van der Waals surface area contributed by atoms with E-state index in [0.29, 0.717) is 18.8 Å². The molecule has 0 spiro atoms.